The molecule has 0 aliphatic heterocycles. The number of aliphatic hydroxyl groups excluding tert-OH is 1. The van der Waals surface area contributed by atoms with Gasteiger partial charge in [0, 0.05) is 64.9 Å². The van der Waals surface area contributed by atoms with Crippen molar-refractivity contribution in [2.45, 2.75) is 201 Å². The van der Waals surface area contributed by atoms with E-state index in [9.17, 15) is 4.79 Å². The van der Waals surface area contributed by atoms with Gasteiger partial charge in [0.05, 0.1) is 0 Å². The summed E-state index contributed by atoms with van der Waals surface area (Å²) in [4.78, 5) is 14.7. The van der Waals surface area contributed by atoms with Crippen LogP contribution in [0.5, 0.6) is 0 Å². The molecule has 1 amide bonds. The molecule has 245 valence electrons. The second kappa shape index (κ2) is 40.5. The second-order valence-electron chi connectivity index (χ2n) is 12.3. The maximum atomic E-state index is 12.6. The Hall–Kier alpha value is 0.454. The topological polar surface area (TPSA) is 72.8 Å². The number of hydrogen-bond donors (Lipinski definition) is 3. The van der Waals surface area contributed by atoms with Gasteiger partial charge in [-0.2, -0.15) is 0 Å². The number of hydroxylamine groups is 1. The molecule has 0 fully saturated rings. The van der Waals surface area contributed by atoms with Crippen LogP contribution in [0.4, 0.5) is 0 Å². The summed E-state index contributed by atoms with van der Waals surface area (Å²) in [5, 5.41) is 17.0. The minimum absolute atomic E-state index is 0. The van der Waals surface area contributed by atoms with E-state index in [1.807, 2.05) is 19.3 Å². The van der Waals surface area contributed by atoms with Gasteiger partial charge in [-0.3, -0.25) is 4.79 Å². The Morgan fingerprint density at radius 2 is 0.829 bits per heavy atom. The second-order valence-corrected chi connectivity index (χ2v) is 12.3. The van der Waals surface area contributed by atoms with Gasteiger partial charge in [0.1, 0.15) is 0 Å². The molecule has 0 aliphatic rings. The number of amides is 1. The van der Waals surface area contributed by atoms with Crippen LogP contribution in [0, 0.1) is 0 Å². The predicted molar refractivity (Wildman–Crippen MR) is 175 cm³/mol. The smallest absolute Gasteiger partial charge is 0.222 e. The summed E-state index contributed by atoms with van der Waals surface area (Å²) in [6.07, 6.45) is 33.6. The Morgan fingerprint density at radius 1 is 0.561 bits per heavy atom. The number of rotatable bonds is 30. The molecule has 0 rings (SSSR count). The largest absolute Gasteiger partial charge is 0.396 e. The number of hydrogen-bond acceptors (Lipinski definition) is 4. The zero-order valence-corrected chi connectivity index (χ0v) is 31.2. The molecule has 6 heteroatoms. The number of aliphatic hydroxyl groups is 1. The fraction of sp³-hybridized carbons (Fsp3) is 0.971. The number of unbranched alkanes of at least 4 members (excludes halogenated alkanes) is 22. The quantitative estimate of drug-likeness (QED) is 0.0530. The third-order valence-corrected chi connectivity index (χ3v) is 7.72. The van der Waals surface area contributed by atoms with Gasteiger partial charge >= 0.3 is 0 Å². The molecule has 3 N–H and O–H groups in total. The van der Waals surface area contributed by atoms with Gasteiger partial charge in [0.25, 0.3) is 0 Å². The Balaban J connectivity index is -0.00000220. The third-order valence-electron chi connectivity index (χ3n) is 7.72. The average molecular weight is 660 g/mol. The van der Waals surface area contributed by atoms with E-state index in [2.05, 4.69) is 18.7 Å². The predicted octanol–water partition coefficient (Wildman–Crippen LogP) is 10.4. The van der Waals surface area contributed by atoms with Crippen molar-refractivity contribution in [2.75, 3.05) is 19.7 Å². The molecule has 0 aromatic heterocycles. The van der Waals surface area contributed by atoms with Crippen LogP contribution in [-0.4, -0.2) is 46.9 Å². The molecule has 0 aromatic rings. The molecule has 0 aromatic carbocycles. The standard InChI is InChI=1S/C32H65NO2.C3H9NO.Y/c1-3-5-7-9-11-13-15-17-19-21-23-25-29-33(32(35)28-27-31-34)30-26-24-22-20-18-16-14-12-10-8-6-4-2;1-3(2)4-5;/h34H,3-31H2,1-2H3;3-5H,1-2H3;. The summed E-state index contributed by atoms with van der Waals surface area (Å²) in [7, 11) is 0. The van der Waals surface area contributed by atoms with E-state index in [0.29, 0.717) is 12.8 Å². The summed E-state index contributed by atoms with van der Waals surface area (Å²) in [5.74, 6) is 0.255. The Labute approximate surface area is 283 Å². The molecule has 41 heavy (non-hydrogen) atoms. The first-order chi connectivity index (χ1) is 19.5. The molecule has 0 spiro atoms. The molecular weight excluding hydrogens is 585 g/mol. The minimum atomic E-state index is 0. The fourth-order valence-corrected chi connectivity index (χ4v) is 5.04. The normalized spacial score (nSPS) is 10.8. The summed E-state index contributed by atoms with van der Waals surface area (Å²) in [6, 6.07) is 0.190. The molecule has 0 aliphatic carbocycles. The summed E-state index contributed by atoms with van der Waals surface area (Å²) in [5.41, 5.74) is 2.03. The summed E-state index contributed by atoms with van der Waals surface area (Å²) < 4.78 is 0. The monoisotopic (exact) mass is 659 g/mol. The van der Waals surface area contributed by atoms with E-state index in [-0.39, 0.29) is 51.3 Å². The maximum absolute atomic E-state index is 12.6. The van der Waals surface area contributed by atoms with E-state index >= 15 is 0 Å². The van der Waals surface area contributed by atoms with E-state index in [0.717, 1.165) is 25.9 Å². The number of nitrogens with zero attached hydrogens (tertiary/aromatic N) is 1. The Morgan fingerprint density at radius 3 is 1.07 bits per heavy atom. The van der Waals surface area contributed by atoms with Gasteiger partial charge < -0.3 is 15.2 Å². The van der Waals surface area contributed by atoms with Crippen LogP contribution in [0.15, 0.2) is 0 Å². The zero-order chi connectivity index (χ0) is 29.9. The summed E-state index contributed by atoms with van der Waals surface area (Å²) >= 11 is 0. The molecule has 0 saturated heterocycles. The van der Waals surface area contributed by atoms with Crippen molar-refractivity contribution < 1.29 is 47.8 Å². The van der Waals surface area contributed by atoms with Crippen molar-refractivity contribution in [1.82, 2.24) is 10.4 Å². The van der Waals surface area contributed by atoms with E-state index < -0.39 is 0 Å². The van der Waals surface area contributed by atoms with Crippen LogP contribution in [-0.2, 0) is 37.5 Å². The van der Waals surface area contributed by atoms with Crippen molar-refractivity contribution in [3.05, 3.63) is 0 Å². The van der Waals surface area contributed by atoms with Crippen LogP contribution < -0.4 is 5.48 Å². The van der Waals surface area contributed by atoms with Gasteiger partial charge in [-0.15, -0.1) is 0 Å². The first kappa shape index (κ1) is 45.9. The number of carbonyl (C=O) groups excluding carboxylic acids is 1. The third kappa shape index (κ3) is 40.5. The van der Waals surface area contributed by atoms with Crippen LogP contribution >= 0.6 is 0 Å². The number of nitrogens with one attached hydrogen (secondary N) is 1. The van der Waals surface area contributed by atoms with Crippen molar-refractivity contribution in [3.8, 4) is 0 Å². The molecule has 5 nitrogen and oxygen atoms in total. The molecule has 1 radical (unpaired) electrons. The molecule has 0 heterocycles. The van der Waals surface area contributed by atoms with Gasteiger partial charge in [-0.05, 0) is 33.1 Å². The van der Waals surface area contributed by atoms with Crippen molar-refractivity contribution >= 4 is 5.91 Å². The van der Waals surface area contributed by atoms with Crippen molar-refractivity contribution in [3.63, 3.8) is 0 Å². The zero-order valence-electron chi connectivity index (χ0n) is 28.4. The van der Waals surface area contributed by atoms with Gasteiger partial charge in [0.15, 0.2) is 0 Å². The minimum Gasteiger partial charge on any atom is -0.396 e. The van der Waals surface area contributed by atoms with Crippen LogP contribution in [0.2, 0.25) is 0 Å². The van der Waals surface area contributed by atoms with Crippen LogP contribution in [0.1, 0.15) is 195 Å². The van der Waals surface area contributed by atoms with Crippen LogP contribution in [0.3, 0.4) is 0 Å². The van der Waals surface area contributed by atoms with E-state index in [1.165, 1.54) is 141 Å². The van der Waals surface area contributed by atoms with Gasteiger partial charge in [-0.25, -0.2) is 5.48 Å². The Kier molecular flexibility index (Phi) is 45.3. The van der Waals surface area contributed by atoms with Crippen molar-refractivity contribution in [2.24, 2.45) is 0 Å². The Bertz CT molecular complexity index is 452. The van der Waals surface area contributed by atoms with Gasteiger partial charge in [-0.1, -0.05) is 155 Å². The van der Waals surface area contributed by atoms with Gasteiger partial charge in [0.2, 0.25) is 5.91 Å². The van der Waals surface area contributed by atoms with Crippen molar-refractivity contribution in [1.29, 1.82) is 0 Å². The van der Waals surface area contributed by atoms with E-state index in [4.69, 9.17) is 10.3 Å². The number of carbonyl (C=O) groups is 1. The fourth-order valence-electron chi connectivity index (χ4n) is 5.04. The van der Waals surface area contributed by atoms with Crippen LogP contribution in [0.25, 0.3) is 0 Å². The SMILES string of the molecule is CC(C)NO.CCCCCCCCCCCCCCN(CCCCCCCCCCCCCC)C(=O)CCCO.[Y]. The molecule has 0 bridgehead atoms. The first-order valence-corrected chi connectivity index (χ1v) is 17.8. The molecule has 0 unspecified atom stereocenters. The molecule has 0 atom stereocenters. The first-order valence-electron chi connectivity index (χ1n) is 17.8. The molecule has 0 saturated carbocycles. The van der Waals surface area contributed by atoms with E-state index in [1.54, 1.807) is 0 Å². The average Bonchev–Trinajstić information content (AvgIpc) is 2.96. The molecular formula is C35H74N2O3Y. The summed E-state index contributed by atoms with van der Waals surface area (Å²) in [6.45, 7) is 10.2. The maximum Gasteiger partial charge on any atom is 0.222 e.